The molecule has 0 aliphatic carbocycles. The average Bonchev–Trinajstić information content (AvgIpc) is 2.92. The number of ether oxygens (including phenoxy) is 1. The molecule has 5 nitrogen and oxygen atoms in total. The minimum atomic E-state index is -0.359. The van der Waals surface area contributed by atoms with E-state index in [4.69, 9.17) is 9.84 Å². The third-order valence-electron chi connectivity index (χ3n) is 3.10. The Hall–Kier alpha value is -0.630. The van der Waals surface area contributed by atoms with E-state index in [0.717, 1.165) is 22.4 Å². The lowest BCUT2D eigenvalue weighted by atomic mass is 10.0. The maximum absolute atomic E-state index is 12.1. The van der Waals surface area contributed by atoms with E-state index in [2.05, 4.69) is 26.2 Å². The average molecular weight is 361 g/mol. The van der Waals surface area contributed by atoms with E-state index in [-0.39, 0.29) is 18.1 Å². The van der Waals surface area contributed by atoms with Gasteiger partial charge in [0.1, 0.15) is 0 Å². The monoisotopic (exact) mass is 360 g/mol. The van der Waals surface area contributed by atoms with Gasteiger partial charge >= 0.3 is 0 Å². The van der Waals surface area contributed by atoms with E-state index < -0.39 is 0 Å². The van der Waals surface area contributed by atoms with Crippen LogP contribution in [0, 0.1) is 0 Å². The lowest BCUT2D eigenvalue weighted by Gasteiger charge is -2.28. The Labute approximate surface area is 130 Å². The lowest BCUT2D eigenvalue weighted by molar-refractivity contribution is -0.0378. The number of aliphatic hydroxyl groups is 1. The zero-order chi connectivity index (χ0) is 14.4. The van der Waals surface area contributed by atoms with Gasteiger partial charge in [0, 0.05) is 29.2 Å². The number of aliphatic hydroxyl groups excluding tert-OH is 1. The molecule has 20 heavy (non-hydrogen) atoms. The van der Waals surface area contributed by atoms with Gasteiger partial charge in [-0.1, -0.05) is 0 Å². The molecule has 1 aliphatic heterocycles. The molecule has 1 saturated heterocycles. The summed E-state index contributed by atoms with van der Waals surface area (Å²) in [4.78, 5) is 16.1. The predicted molar refractivity (Wildman–Crippen MR) is 82.0 cm³/mol. The first kappa shape index (κ1) is 15.8. The molecule has 0 aromatic carbocycles. The van der Waals surface area contributed by atoms with Crippen molar-refractivity contribution in [1.82, 2.24) is 10.3 Å². The topological polar surface area (TPSA) is 71.5 Å². The number of carbonyl (C=O) groups is 1. The van der Waals surface area contributed by atoms with Crippen molar-refractivity contribution < 1.29 is 14.6 Å². The van der Waals surface area contributed by atoms with Crippen molar-refractivity contribution >= 4 is 33.6 Å². The number of rotatable bonds is 6. The molecular formula is C13H17BrN2O3S. The van der Waals surface area contributed by atoms with Crippen LogP contribution in [0.2, 0.25) is 0 Å². The van der Waals surface area contributed by atoms with Gasteiger partial charge in [-0.25, -0.2) is 0 Å². The van der Waals surface area contributed by atoms with Gasteiger partial charge in [-0.15, -0.1) is 0 Å². The number of thioether (sulfide) groups is 1. The van der Waals surface area contributed by atoms with Crippen LogP contribution in [0.5, 0.6) is 0 Å². The van der Waals surface area contributed by atoms with Crippen molar-refractivity contribution in [2.45, 2.75) is 12.0 Å². The third-order valence-corrected chi connectivity index (χ3v) is 4.76. The van der Waals surface area contributed by atoms with Crippen molar-refractivity contribution in [1.29, 1.82) is 0 Å². The van der Waals surface area contributed by atoms with Gasteiger partial charge in [0.2, 0.25) is 0 Å². The van der Waals surface area contributed by atoms with E-state index in [1.807, 2.05) is 0 Å². The largest absolute Gasteiger partial charge is 0.394 e. The molecule has 0 radical (unpaired) electrons. The fourth-order valence-corrected chi connectivity index (χ4v) is 3.76. The molecular weight excluding hydrogens is 344 g/mol. The number of halogens is 1. The molecule has 1 aromatic heterocycles. The molecule has 2 heterocycles. The van der Waals surface area contributed by atoms with Crippen LogP contribution in [0.1, 0.15) is 16.8 Å². The van der Waals surface area contributed by atoms with Crippen LogP contribution in [0.4, 0.5) is 0 Å². The zero-order valence-corrected chi connectivity index (χ0v) is 13.4. The highest BCUT2D eigenvalue weighted by atomic mass is 79.9. The normalized spacial score (nSPS) is 21.9. The van der Waals surface area contributed by atoms with Gasteiger partial charge in [-0.3, -0.25) is 9.78 Å². The number of pyridine rings is 1. The van der Waals surface area contributed by atoms with E-state index in [0.29, 0.717) is 18.7 Å². The van der Waals surface area contributed by atoms with Crippen LogP contribution in [-0.2, 0) is 4.74 Å². The Morgan fingerprint density at radius 2 is 2.45 bits per heavy atom. The summed E-state index contributed by atoms with van der Waals surface area (Å²) < 4.78 is 6.51. The minimum absolute atomic E-state index is 0.00405. The second-order valence-corrected chi connectivity index (χ2v) is 6.65. The van der Waals surface area contributed by atoms with Gasteiger partial charge in [-0.05, 0) is 34.2 Å². The highest BCUT2D eigenvalue weighted by Crippen LogP contribution is 2.30. The lowest BCUT2D eigenvalue weighted by Crippen LogP contribution is -2.45. The number of aromatic nitrogens is 1. The number of nitrogens with zero attached hydrogens (tertiary/aromatic N) is 1. The van der Waals surface area contributed by atoms with Gasteiger partial charge in [0.25, 0.3) is 5.91 Å². The molecule has 2 rings (SSSR count). The summed E-state index contributed by atoms with van der Waals surface area (Å²) in [6.45, 7) is 0.746. The number of hydrogen-bond acceptors (Lipinski definition) is 5. The second kappa shape index (κ2) is 7.40. The fraction of sp³-hybridized carbons (Fsp3) is 0.538. The molecule has 1 amide bonds. The van der Waals surface area contributed by atoms with Gasteiger partial charge in [-0.2, -0.15) is 11.8 Å². The second-order valence-electron chi connectivity index (χ2n) is 4.63. The molecule has 110 valence electrons. The number of amides is 1. The summed E-state index contributed by atoms with van der Waals surface area (Å²) in [6.07, 6.45) is 4.05. The summed E-state index contributed by atoms with van der Waals surface area (Å²) in [6, 6.07) is 1.73. The SMILES string of the molecule is O=C(NCC1(OCCO)CCSC1)c1cncc(Br)c1. The van der Waals surface area contributed by atoms with Crippen LogP contribution in [0.25, 0.3) is 0 Å². The van der Waals surface area contributed by atoms with Crippen molar-refractivity contribution in [3.05, 3.63) is 28.5 Å². The molecule has 1 fully saturated rings. The Bertz CT molecular complexity index is 467. The Kier molecular flexibility index (Phi) is 5.83. The van der Waals surface area contributed by atoms with Crippen LogP contribution in [-0.4, -0.2) is 52.9 Å². The Morgan fingerprint density at radius 1 is 1.60 bits per heavy atom. The molecule has 0 spiro atoms. The van der Waals surface area contributed by atoms with Crippen molar-refractivity contribution in [3.8, 4) is 0 Å². The standard InChI is InChI=1S/C13H17BrN2O3S/c14-11-5-10(6-15-7-11)12(18)16-8-13(19-3-2-17)1-4-20-9-13/h5-7,17H,1-4,8-9H2,(H,16,18). The Balaban J connectivity index is 1.94. The molecule has 7 heteroatoms. The highest BCUT2D eigenvalue weighted by Gasteiger charge is 2.35. The maximum atomic E-state index is 12.1. The quantitative estimate of drug-likeness (QED) is 0.803. The molecule has 1 aliphatic rings. The summed E-state index contributed by atoms with van der Waals surface area (Å²) in [5.41, 5.74) is 0.157. The molecule has 1 aromatic rings. The van der Waals surface area contributed by atoms with Crippen LogP contribution < -0.4 is 5.32 Å². The maximum Gasteiger partial charge on any atom is 0.252 e. The zero-order valence-electron chi connectivity index (χ0n) is 11.0. The van der Waals surface area contributed by atoms with Gasteiger partial charge in [0.05, 0.1) is 24.4 Å². The molecule has 0 saturated carbocycles. The van der Waals surface area contributed by atoms with E-state index in [1.54, 1.807) is 24.0 Å². The van der Waals surface area contributed by atoms with Crippen molar-refractivity contribution in [2.24, 2.45) is 0 Å². The fourth-order valence-electron chi connectivity index (χ4n) is 2.03. The number of nitrogens with one attached hydrogen (secondary N) is 1. The smallest absolute Gasteiger partial charge is 0.252 e. The van der Waals surface area contributed by atoms with Crippen molar-refractivity contribution in [2.75, 3.05) is 31.3 Å². The molecule has 0 bridgehead atoms. The van der Waals surface area contributed by atoms with Gasteiger partial charge < -0.3 is 15.2 Å². The van der Waals surface area contributed by atoms with E-state index in [9.17, 15) is 4.79 Å². The van der Waals surface area contributed by atoms with E-state index >= 15 is 0 Å². The van der Waals surface area contributed by atoms with Crippen LogP contribution >= 0.6 is 27.7 Å². The van der Waals surface area contributed by atoms with Gasteiger partial charge in [0.15, 0.2) is 0 Å². The number of carbonyl (C=O) groups excluding carboxylic acids is 1. The summed E-state index contributed by atoms with van der Waals surface area (Å²) in [5.74, 6) is 1.69. The molecule has 1 atom stereocenters. The minimum Gasteiger partial charge on any atom is -0.394 e. The van der Waals surface area contributed by atoms with Crippen LogP contribution in [0.15, 0.2) is 22.9 Å². The van der Waals surface area contributed by atoms with Crippen molar-refractivity contribution in [3.63, 3.8) is 0 Å². The first-order valence-electron chi connectivity index (χ1n) is 6.36. The molecule has 2 N–H and O–H groups in total. The summed E-state index contributed by atoms with van der Waals surface area (Å²) in [7, 11) is 0. The highest BCUT2D eigenvalue weighted by molar-refractivity contribution is 9.10. The summed E-state index contributed by atoms with van der Waals surface area (Å²) >= 11 is 5.10. The summed E-state index contributed by atoms with van der Waals surface area (Å²) in [5, 5.41) is 11.8. The first-order valence-corrected chi connectivity index (χ1v) is 8.31. The predicted octanol–water partition coefficient (Wildman–Crippen LogP) is 1.46. The first-order chi connectivity index (χ1) is 9.65. The Morgan fingerprint density at radius 3 is 3.10 bits per heavy atom. The van der Waals surface area contributed by atoms with E-state index in [1.165, 1.54) is 6.20 Å². The number of hydrogen-bond donors (Lipinski definition) is 2. The molecule has 1 unspecified atom stereocenters. The third kappa shape index (κ3) is 4.18. The van der Waals surface area contributed by atoms with Crippen LogP contribution in [0.3, 0.4) is 0 Å².